The monoisotopic (exact) mass is 411 g/mol. The van der Waals surface area contributed by atoms with Crippen LogP contribution in [0.1, 0.15) is 12.0 Å². The van der Waals surface area contributed by atoms with E-state index in [9.17, 15) is 13.2 Å². The molecule has 1 N–H and O–H groups in total. The Labute approximate surface area is 166 Å². The van der Waals surface area contributed by atoms with E-state index in [2.05, 4.69) is 0 Å². The lowest BCUT2D eigenvalue weighted by Crippen LogP contribution is -2.10. The first-order valence-electron chi connectivity index (χ1n) is 8.68. The van der Waals surface area contributed by atoms with Crippen LogP contribution in [0.25, 0.3) is 21.3 Å². The second kappa shape index (κ2) is 7.26. The number of carbonyl (C=O) groups is 1. The molecule has 0 bridgehead atoms. The molecule has 0 spiro atoms. The molecule has 7 heteroatoms. The van der Waals surface area contributed by atoms with Crippen molar-refractivity contribution in [2.75, 3.05) is 0 Å². The normalized spacial score (nSPS) is 11.7. The van der Waals surface area contributed by atoms with Gasteiger partial charge in [0.15, 0.2) is 0 Å². The second-order valence-corrected chi connectivity index (χ2v) is 9.51. The smallest absolute Gasteiger partial charge is 0.303 e. The lowest BCUT2D eigenvalue weighted by molar-refractivity contribution is -0.136. The van der Waals surface area contributed by atoms with Crippen molar-refractivity contribution in [1.29, 1.82) is 0 Å². The zero-order valence-electron chi connectivity index (χ0n) is 14.8. The van der Waals surface area contributed by atoms with Gasteiger partial charge in [-0.3, -0.25) is 4.79 Å². The predicted octanol–water partition coefficient (Wildman–Crippen LogP) is 4.62. The van der Waals surface area contributed by atoms with Gasteiger partial charge in [0.1, 0.15) is 4.21 Å². The van der Waals surface area contributed by atoms with Crippen molar-refractivity contribution < 1.29 is 18.3 Å². The van der Waals surface area contributed by atoms with Gasteiger partial charge in [0.2, 0.25) is 0 Å². The first kappa shape index (κ1) is 18.5. The molecule has 0 saturated heterocycles. The molecular weight excluding hydrogens is 394 g/mol. The molecule has 0 saturated carbocycles. The van der Waals surface area contributed by atoms with Crippen LogP contribution in [0.15, 0.2) is 77.1 Å². The average Bonchev–Trinajstić information content (AvgIpc) is 3.34. The van der Waals surface area contributed by atoms with Crippen LogP contribution in [0.2, 0.25) is 0 Å². The maximum Gasteiger partial charge on any atom is 0.303 e. The minimum absolute atomic E-state index is 0.0436. The minimum Gasteiger partial charge on any atom is -0.481 e. The summed E-state index contributed by atoms with van der Waals surface area (Å²) in [7, 11) is -3.71. The number of aryl methyl sites for hydroxylation is 1. The fraction of sp³-hybridized carbons (Fsp3) is 0.0952. The summed E-state index contributed by atoms with van der Waals surface area (Å²) >= 11 is 1.24. The molecule has 28 heavy (non-hydrogen) atoms. The number of thiophene rings is 1. The molecule has 4 rings (SSSR count). The van der Waals surface area contributed by atoms with Gasteiger partial charge in [-0.1, -0.05) is 36.4 Å². The Morgan fingerprint density at radius 2 is 1.79 bits per heavy atom. The number of rotatable bonds is 6. The molecule has 142 valence electrons. The number of carboxylic acid groups (broad SMARTS) is 1. The number of aromatic nitrogens is 1. The van der Waals surface area contributed by atoms with E-state index < -0.39 is 16.0 Å². The molecule has 2 aromatic carbocycles. The van der Waals surface area contributed by atoms with Crippen LogP contribution in [0.5, 0.6) is 0 Å². The molecular formula is C21H17NO4S2. The number of hydrogen-bond acceptors (Lipinski definition) is 4. The van der Waals surface area contributed by atoms with Gasteiger partial charge in [-0.25, -0.2) is 3.97 Å². The van der Waals surface area contributed by atoms with E-state index in [4.69, 9.17) is 5.11 Å². The Balaban J connectivity index is 1.69. The van der Waals surface area contributed by atoms with Gasteiger partial charge in [0, 0.05) is 22.9 Å². The van der Waals surface area contributed by atoms with Crippen LogP contribution >= 0.6 is 11.3 Å². The standard InChI is InChI=1S/C21H17NO4S2/c23-20(24)10-7-15-6-8-18-17(14-15)12-13-22(18)28(25,26)21-11-9-19(27-21)16-4-2-1-3-5-16/h1-6,8-9,11-14H,7,10H2,(H,23,24). The number of fused-ring (bicyclic) bond motifs is 1. The number of nitrogens with zero attached hydrogens (tertiary/aromatic N) is 1. The first-order chi connectivity index (χ1) is 13.4. The van der Waals surface area contributed by atoms with Gasteiger partial charge in [-0.15, -0.1) is 11.3 Å². The fourth-order valence-corrected chi connectivity index (χ4v) is 5.85. The second-order valence-electron chi connectivity index (χ2n) is 6.39. The maximum absolute atomic E-state index is 13.1. The predicted molar refractivity (Wildman–Crippen MR) is 110 cm³/mol. The Kier molecular flexibility index (Phi) is 4.78. The molecule has 4 aromatic rings. The topological polar surface area (TPSA) is 76.4 Å². The Bertz CT molecular complexity index is 1250. The van der Waals surface area contributed by atoms with Crippen LogP contribution < -0.4 is 0 Å². The van der Waals surface area contributed by atoms with Crippen LogP contribution in [0.3, 0.4) is 0 Å². The summed E-state index contributed by atoms with van der Waals surface area (Å²) < 4.78 is 27.9. The number of carboxylic acids is 1. The molecule has 0 aliphatic rings. The highest BCUT2D eigenvalue weighted by Gasteiger charge is 2.21. The molecule has 0 radical (unpaired) electrons. The lowest BCUT2D eigenvalue weighted by Gasteiger charge is -2.06. The first-order valence-corrected chi connectivity index (χ1v) is 10.9. The molecule has 5 nitrogen and oxygen atoms in total. The fourth-order valence-electron chi connectivity index (χ4n) is 3.10. The minimum atomic E-state index is -3.71. The summed E-state index contributed by atoms with van der Waals surface area (Å²) in [5.74, 6) is -0.854. The third-order valence-electron chi connectivity index (χ3n) is 4.50. The van der Waals surface area contributed by atoms with Crippen molar-refractivity contribution in [3.63, 3.8) is 0 Å². The van der Waals surface area contributed by atoms with Gasteiger partial charge in [0.05, 0.1) is 5.52 Å². The van der Waals surface area contributed by atoms with Crippen molar-refractivity contribution >= 4 is 38.2 Å². The Morgan fingerprint density at radius 3 is 2.54 bits per heavy atom. The van der Waals surface area contributed by atoms with Gasteiger partial charge in [-0.2, -0.15) is 8.42 Å². The van der Waals surface area contributed by atoms with E-state index in [0.717, 1.165) is 21.4 Å². The van der Waals surface area contributed by atoms with E-state index in [0.29, 0.717) is 11.9 Å². The van der Waals surface area contributed by atoms with Crippen molar-refractivity contribution in [1.82, 2.24) is 3.97 Å². The summed E-state index contributed by atoms with van der Waals surface area (Å²) in [4.78, 5) is 11.6. The number of hydrogen-bond donors (Lipinski definition) is 1. The van der Waals surface area contributed by atoms with Gasteiger partial charge < -0.3 is 5.11 Å². The molecule has 0 aliphatic heterocycles. The van der Waals surface area contributed by atoms with Gasteiger partial charge in [-0.05, 0) is 47.9 Å². The zero-order valence-corrected chi connectivity index (χ0v) is 16.4. The summed E-state index contributed by atoms with van der Waals surface area (Å²) in [6, 6.07) is 20.2. The quantitative estimate of drug-likeness (QED) is 0.502. The summed E-state index contributed by atoms with van der Waals surface area (Å²) in [6.45, 7) is 0. The summed E-state index contributed by atoms with van der Waals surface area (Å²) in [6.07, 6.45) is 2.00. The SMILES string of the molecule is O=C(O)CCc1ccc2c(ccn2S(=O)(=O)c2ccc(-c3ccccc3)s2)c1. The summed E-state index contributed by atoms with van der Waals surface area (Å²) in [5, 5.41) is 9.60. The largest absolute Gasteiger partial charge is 0.481 e. The van der Waals surface area contributed by atoms with Crippen molar-refractivity contribution in [3.8, 4) is 10.4 Å². The number of aliphatic carboxylic acids is 1. The van der Waals surface area contributed by atoms with Gasteiger partial charge >= 0.3 is 5.97 Å². The number of benzene rings is 2. The highest BCUT2D eigenvalue weighted by atomic mass is 32.2. The zero-order chi connectivity index (χ0) is 19.7. The Hall–Kier alpha value is -2.90. The van der Waals surface area contributed by atoms with Crippen molar-refractivity contribution in [3.05, 3.63) is 78.5 Å². The van der Waals surface area contributed by atoms with Gasteiger partial charge in [0.25, 0.3) is 10.0 Å². The maximum atomic E-state index is 13.1. The van der Waals surface area contributed by atoms with E-state index in [1.54, 1.807) is 30.5 Å². The van der Waals surface area contributed by atoms with Crippen LogP contribution in [0.4, 0.5) is 0 Å². The van der Waals surface area contributed by atoms with Crippen LogP contribution in [-0.2, 0) is 21.2 Å². The molecule has 0 unspecified atom stereocenters. The third-order valence-corrected chi connectivity index (χ3v) is 7.79. The van der Waals surface area contributed by atoms with Crippen molar-refractivity contribution in [2.24, 2.45) is 0 Å². The third kappa shape index (κ3) is 3.46. The molecule has 2 heterocycles. The van der Waals surface area contributed by atoms with E-state index in [-0.39, 0.29) is 10.6 Å². The molecule has 0 amide bonds. The van der Waals surface area contributed by atoms with Crippen LogP contribution in [-0.4, -0.2) is 23.5 Å². The average molecular weight is 412 g/mol. The molecule has 0 fully saturated rings. The molecule has 2 aromatic heterocycles. The van der Waals surface area contributed by atoms with Crippen molar-refractivity contribution in [2.45, 2.75) is 17.1 Å². The lowest BCUT2D eigenvalue weighted by atomic mass is 10.1. The molecule has 0 atom stereocenters. The van der Waals surface area contributed by atoms with Crippen LogP contribution in [0, 0.1) is 0 Å². The highest BCUT2D eigenvalue weighted by molar-refractivity contribution is 7.92. The van der Waals surface area contributed by atoms with E-state index >= 15 is 0 Å². The summed E-state index contributed by atoms with van der Waals surface area (Å²) in [5.41, 5.74) is 2.43. The Morgan fingerprint density at radius 1 is 1.00 bits per heavy atom. The van der Waals surface area contributed by atoms with E-state index in [1.807, 2.05) is 42.5 Å². The van der Waals surface area contributed by atoms with E-state index in [1.165, 1.54) is 15.3 Å². The molecule has 0 aliphatic carbocycles. The highest BCUT2D eigenvalue weighted by Crippen LogP contribution is 2.33.